The molecule has 144 valence electrons. The largest absolute Gasteiger partial charge is 0.497 e. The van der Waals surface area contributed by atoms with Crippen molar-refractivity contribution < 1.29 is 4.74 Å². The van der Waals surface area contributed by atoms with Gasteiger partial charge in [0.1, 0.15) is 11.6 Å². The van der Waals surface area contributed by atoms with Gasteiger partial charge >= 0.3 is 0 Å². The molecule has 1 saturated heterocycles. The summed E-state index contributed by atoms with van der Waals surface area (Å²) in [7, 11) is 1.68. The number of guanidine groups is 1. The fourth-order valence-electron chi connectivity index (χ4n) is 3.08. The number of rotatable bonds is 7. The van der Waals surface area contributed by atoms with E-state index in [4.69, 9.17) is 4.74 Å². The summed E-state index contributed by atoms with van der Waals surface area (Å²) in [4.78, 5) is 11.6. The molecule has 0 saturated carbocycles. The van der Waals surface area contributed by atoms with Gasteiger partial charge in [-0.15, -0.1) is 0 Å². The van der Waals surface area contributed by atoms with E-state index in [0.29, 0.717) is 13.1 Å². The fraction of sp³-hybridized carbons (Fsp3) is 0.429. The summed E-state index contributed by atoms with van der Waals surface area (Å²) in [5.74, 6) is 2.74. The normalized spacial score (nSPS) is 14.3. The summed E-state index contributed by atoms with van der Waals surface area (Å²) in [6, 6.07) is 12.3. The van der Waals surface area contributed by atoms with Crippen LogP contribution in [0.15, 0.2) is 47.6 Å². The molecular weight excluding hydrogens is 338 g/mol. The highest BCUT2D eigenvalue weighted by Crippen LogP contribution is 2.17. The number of benzene rings is 1. The lowest BCUT2D eigenvalue weighted by atomic mass is 10.2. The lowest BCUT2D eigenvalue weighted by Gasteiger charge is -2.16. The first kappa shape index (κ1) is 19.0. The van der Waals surface area contributed by atoms with Gasteiger partial charge in [-0.25, -0.2) is 9.98 Å². The first-order chi connectivity index (χ1) is 13.3. The zero-order valence-electron chi connectivity index (χ0n) is 16.2. The van der Waals surface area contributed by atoms with Crippen LogP contribution in [0.2, 0.25) is 0 Å². The van der Waals surface area contributed by atoms with Crippen LogP contribution in [0.3, 0.4) is 0 Å². The maximum absolute atomic E-state index is 5.20. The summed E-state index contributed by atoms with van der Waals surface area (Å²) >= 11 is 0. The second-order valence-corrected chi connectivity index (χ2v) is 6.62. The predicted octanol–water partition coefficient (Wildman–Crippen LogP) is 2.95. The van der Waals surface area contributed by atoms with Gasteiger partial charge in [-0.2, -0.15) is 0 Å². The number of nitrogens with zero attached hydrogens (tertiary/aromatic N) is 3. The van der Waals surface area contributed by atoms with Gasteiger partial charge in [0, 0.05) is 32.4 Å². The number of aromatic nitrogens is 1. The molecule has 1 aliphatic heterocycles. The Morgan fingerprint density at radius 2 is 1.81 bits per heavy atom. The Balaban J connectivity index is 1.55. The van der Waals surface area contributed by atoms with Gasteiger partial charge in [0.15, 0.2) is 5.96 Å². The van der Waals surface area contributed by atoms with E-state index in [1.165, 1.54) is 18.4 Å². The Bertz CT molecular complexity index is 721. The SMILES string of the molecule is CCNC(=NCc1ccc(N2CCCC2)nc1)NCc1ccc(OC)cc1. The van der Waals surface area contributed by atoms with Crippen LogP contribution in [0.25, 0.3) is 0 Å². The van der Waals surface area contributed by atoms with Crippen LogP contribution in [-0.2, 0) is 13.1 Å². The molecule has 0 aliphatic carbocycles. The Labute approximate surface area is 161 Å². The average Bonchev–Trinajstić information content (AvgIpc) is 3.26. The standard InChI is InChI=1S/C21H29N5O/c1-3-22-21(24-14-17-6-9-19(27-2)10-7-17)25-16-18-8-11-20(23-15-18)26-12-4-5-13-26/h6-11,15H,3-5,12-14,16H2,1-2H3,(H2,22,24,25). The van der Waals surface area contributed by atoms with Crippen molar-refractivity contribution in [1.82, 2.24) is 15.6 Å². The van der Waals surface area contributed by atoms with Crippen molar-refractivity contribution in [2.24, 2.45) is 4.99 Å². The molecule has 6 heteroatoms. The minimum Gasteiger partial charge on any atom is -0.497 e. The molecule has 0 bridgehead atoms. The number of aliphatic imine (C=N–C) groups is 1. The first-order valence-electron chi connectivity index (χ1n) is 9.63. The van der Waals surface area contributed by atoms with Crippen LogP contribution in [-0.4, -0.2) is 37.7 Å². The third-order valence-electron chi connectivity index (χ3n) is 4.62. The van der Waals surface area contributed by atoms with E-state index < -0.39 is 0 Å². The van der Waals surface area contributed by atoms with Crippen LogP contribution < -0.4 is 20.3 Å². The Morgan fingerprint density at radius 3 is 2.44 bits per heavy atom. The van der Waals surface area contributed by atoms with Gasteiger partial charge in [0.25, 0.3) is 0 Å². The van der Waals surface area contributed by atoms with Crippen molar-refractivity contribution in [2.45, 2.75) is 32.9 Å². The second kappa shape index (κ2) is 9.80. The van der Waals surface area contributed by atoms with Gasteiger partial charge in [0.2, 0.25) is 0 Å². The summed E-state index contributed by atoms with van der Waals surface area (Å²) in [6.07, 6.45) is 4.46. The fourth-order valence-corrected chi connectivity index (χ4v) is 3.08. The zero-order chi connectivity index (χ0) is 18.9. The van der Waals surface area contributed by atoms with Gasteiger partial charge in [-0.1, -0.05) is 18.2 Å². The maximum atomic E-state index is 5.20. The number of nitrogens with one attached hydrogen (secondary N) is 2. The lowest BCUT2D eigenvalue weighted by Crippen LogP contribution is -2.36. The Morgan fingerprint density at radius 1 is 1.07 bits per heavy atom. The van der Waals surface area contributed by atoms with Crippen molar-refractivity contribution in [1.29, 1.82) is 0 Å². The van der Waals surface area contributed by atoms with Crippen LogP contribution in [0, 0.1) is 0 Å². The number of anilines is 1. The van der Waals surface area contributed by atoms with Gasteiger partial charge in [-0.3, -0.25) is 0 Å². The van der Waals surface area contributed by atoms with Gasteiger partial charge < -0.3 is 20.3 Å². The molecule has 2 heterocycles. The number of hydrogen-bond acceptors (Lipinski definition) is 4. The quantitative estimate of drug-likeness (QED) is 0.582. The van der Waals surface area contributed by atoms with Gasteiger partial charge in [-0.05, 0) is 49.1 Å². The molecule has 3 rings (SSSR count). The number of hydrogen-bond donors (Lipinski definition) is 2. The van der Waals surface area contributed by atoms with Crippen molar-refractivity contribution in [3.05, 3.63) is 53.7 Å². The first-order valence-corrected chi connectivity index (χ1v) is 9.63. The predicted molar refractivity (Wildman–Crippen MR) is 110 cm³/mol. The van der Waals surface area contributed by atoms with Crippen LogP contribution in [0.5, 0.6) is 5.75 Å². The van der Waals surface area contributed by atoms with Crippen molar-refractivity contribution in [3.63, 3.8) is 0 Å². The van der Waals surface area contributed by atoms with Crippen molar-refractivity contribution in [3.8, 4) is 5.75 Å². The molecule has 0 unspecified atom stereocenters. The highest BCUT2D eigenvalue weighted by molar-refractivity contribution is 5.79. The highest BCUT2D eigenvalue weighted by Gasteiger charge is 2.12. The molecule has 1 fully saturated rings. The average molecular weight is 367 g/mol. The molecule has 0 atom stereocenters. The summed E-state index contributed by atoms with van der Waals surface area (Å²) in [6.45, 7) is 6.43. The molecule has 0 amide bonds. The third-order valence-corrected chi connectivity index (χ3v) is 4.62. The third kappa shape index (κ3) is 5.61. The van der Waals surface area contributed by atoms with Crippen molar-refractivity contribution >= 4 is 11.8 Å². The molecular formula is C21H29N5O. The summed E-state index contributed by atoms with van der Waals surface area (Å²) in [5.41, 5.74) is 2.29. The van der Waals surface area contributed by atoms with Crippen LogP contribution in [0.1, 0.15) is 30.9 Å². The summed E-state index contributed by atoms with van der Waals surface area (Å²) in [5, 5.41) is 6.66. The van der Waals surface area contributed by atoms with Crippen molar-refractivity contribution in [2.75, 3.05) is 31.6 Å². The van der Waals surface area contributed by atoms with Gasteiger partial charge in [0.05, 0.1) is 13.7 Å². The summed E-state index contributed by atoms with van der Waals surface area (Å²) < 4.78 is 5.20. The molecule has 0 radical (unpaired) electrons. The molecule has 6 nitrogen and oxygen atoms in total. The minimum absolute atomic E-state index is 0.602. The molecule has 2 N–H and O–H groups in total. The van der Waals surface area contributed by atoms with Crippen LogP contribution in [0.4, 0.5) is 5.82 Å². The molecule has 1 aromatic heterocycles. The molecule has 1 aliphatic rings. The monoisotopic (exact) mass is 367 g/mol. The minimum atomic E-state index is 0.602. The van der Waals surface area contributed by atoms with E-state index >= 15 is 0 Å². The van der Waals surface area contributed by atoms with Crippen LogP contribution >= 0.6 is 0 Å². The lowest BCUT2D eigenvalue weighted by molar-refractivity contribution is 0.414. The molecule has 1 aromatic carbocycles. The molecule has 2 aromatic rings. The van der Waals surface area contributed by atoms with E-state index in [1.54, 1.807) is 7.11 Å². The maximum Gasteiger partial charge on any atom is 0.191 e. The molecule has 0 spiro atoms. The Hall–Kier alpha value is -2.76. The van der Waals surface area contributed by atoms with E-state index in [-0.39, 0.29) is 0 Å². The zero-order valence-corrected chi connectivity index (χ0v) is 16.2. The highest BCUT2D eigenvalue weighted by atomic mass is 16.5. The molecule has 27 heavy (non-hydrogen) atoms. The smallest absolute Gasteiger partial charge is 0.191 e. The second-order valence-electron chi connectivity index (χ2n) is 6.62. The van der Waals surface area contributed by atoms with E-state index in [9.17, 15) is 0 Å². The topological polar surface area (TPSA) is 61.8 Å². The van der Waals surface area contributed by atoms with E-state index in [0.717, 1.165) is 42.7 Å². The van der Waals surface area contributed by atoms with E-state index in [2.05, 4.69) is 56.7 Å². The number of pyridine rings is 1. The number of methoxy groups -OCH3 is 1. The number of ether oxygens (including phenoxy) is 1. The van der Waals surface area contributed by atoms with E-state index in [1.807, 2.05) is 18.3 Å². The Kier molecular flexibility index (Phi) is 6.90.